The van der Waals surface area contributed by atoms with Crippen molar-refractivity contribution in [2.24, 2.45) is 0 Å². The SMILES string of the molecule is C=CC(=O)N1CCCC(c2nc(-c3ccc(C(=O)Nc4cc(C(F)(F)F)ccn4)c(C#N)c3)n3c(N)nccc23)C1. The summed E-state index contributed by atoms with van der Waals surface area (Å²) in [7, 11) is 0. The van der Waals surface area contributed by atoms with Crippen LogP contribution in [0, 0.1) is 11.3 Å². The summed E-state index contributed by atoms with van der Waals surface area (Å²) in [5.41, 5.74) is 7.04. The lowest BCUT2D eigenvalue weighted by molar-refractivity contribution is -0.137. The van der Waals surface area contributed by atoms with Crippen LogP contribution in [0.4, 0.5) is 24.9 Å². The third kappa shape index (κ3) is 5.31. The third-order valence-electron chi connectivity index (χ3n) is 6.88. The van der Waals surface area contributed by atoms with Crippen LogP contribution in [0.3, 0.4) is 0 Å². The maximum absolute atomic E-state index is 13.1. The highest BCUT2D eigenvalue weighted by Gasteiger charge is 2.31. The van der Waals surface area contributed by atoms with Crippen molar-refractivity contribution < 1.29 is 22.8 Å². The Morgan fingerprint density at radius 1 is 1.17 bits per heavy atom. The number of nitriles is 1. The fourth-order valence-electron chi connectivity index (χ4n) is 4.94. The summed E-state index contributed by atoms with van der Waals surface area (Å²) in [6.45, 7) is 4.64. The number of nitrogens with one attached hydrogen (secondary N) is 1. The third-order valence-corrected chi connectivity index (χ3v) is 6.88. The number of hydrogen-bond acceptors (Lipinski definition) is 7. The highest BCUT2D eigenvalue weighted by atomic mass is 19.4. The van der Waals surface area contributed by atoms with Gasteiger partial charge >= 0.3 is 6.18 Å². The van der Waals surface area contributed by atoms with E-state index in [0.717, 1.165) is 25.1 Å². The molecule has 1 aliphatic rings. The molecule has 1 atom stereocenters. The number of hydrogen-bond donors (Lipinski definition) is 2. The monoisotopic (exact) mass is 560 g/mol. The lowest BCUT2D eigenvalue weighted by Gasteiger charge is -2.31. The van der Waals surface area contributed by atoms with Gasteiger partial charge in [0.25, 0.3) is 5.91 Å². The van der Waals surface area contributed by atoms with Crippen LogP contribution in [0.25, 0.3) is 16.9 Å². The van der Waals surface area contributed by atoms with Gasteiger partial charge in [-0.3, -0.25) is 14.0 Å². The fourth-order valence-corrected chi connectivity index (χ4v) is 4.94. The van der Waals surface area contributed by atoms with Crippen molar-refractivity contribution >= 4 is 29.1 Å². The minimum absolute atomic E-state index is 0.0341. The lowest BCUT2D eigenvalue weighted by Crippen LogP contribution is -2.38. The zero-order valence-corrected chi connectivity index (χ0v) is 21.5. The van der Waals surface area contributed by atoms with Gasteiger partial charge in [-0.25, -0.2) is 15.0 Å². The zero-order valence-electron chi connectivity index (χ0n) is 21.5. The van der Waals surface area contributed by atoms with Crippen molar-refractivity contribution in [2.45, 2.75) is 24.9 Å². The molecule has 13 heteroatoms. The van der Waals surface area contributed by atoms with Gasteiger partial charge in [-0.05, 0) is 49.2 Å². The molecule has 5 rings (SSSR count). The highest BCUT2D eigenvalue weighted by molar-refractivity contribution is 6.05. The zero-order chi connectivity index (χ0) is 29.3. The van der Waals surface area contributed by atoms with E-state index in [9.17, 15) is 28.0 Å². The predicted octanol–water partition coefficient (Wildman–Crippen LogP) is 4.41. The van der Waals surface area contributed by atoms with E-state index in [4.69, 9.17) is 10.7 Å². The van der Waals surface area contributed by atoms with Crippen LogP contribution in [0.15, 0.2) is 61.4 Å². The number of nitrogens with two attached hydrogens (primary N) is 1. The van der Waals surface area contributed by atoms with Crippen LogP contribution < -0.4 is 11.1 Å². The number of likely N-dealkylation sites (tertiary alicyclic amines) is 1. The van der Waals surface area contributed by atoms with Crippen molar-refractivity contribution in [3.05, 3.63) is 83.8 Å². The summed E-state index contributed by atoms with van der Waals surface area (Å²) in [4.78, 5) is 39.7. The number of carbonyl (C=O) groups is 2. The number of carbonyl (C=O) groups excluding carboxylic acids is 2. The molecule has 3 N–H and O–H groups in total. The van der Waals surface area contributed by atoms with Gasteiger partial charge in [-0.15, -0.1) is 0 Å². The Hall–Kier alpha value is -5.25. The van der Waals surface area contributed by atoms with Crippen LogP contribution in [0.2, 0.25) is 0 Å². The molecular formula is C28H23F3N8O2. The molecule has 2 amide bonds. The summed E-state index contributed by atoms with van der Waals surface area (Å²) in [5.74, 6) is -0.815. The number of nitrogen functional groups attached to an aromatic ring is 1. The summed E-state index contributed by atoms with van der Waals surface area (Å²) in [6.07, 6.45) is 0.743. The number of nitrogens with zero attached hydrogens (tertiary/aromatic N) is 6. The molecule has 1 unspecified atom stereocenters. The summed E-state index contributed by atoms with van der Waals surface area (Å²) >= 11 is 0. The van der Waals surface area contributed by atoms with Gasteiger partial charge in [0.1, 0.15) is 11.6 Å². The van der Waals surface area contributed by atoms with Gasteiger partial charge in [-0.1, -0.05) is 12.6 Å². The molecule has 1 saturated heterocycles. The normalized spacial score (nSPS) is 15.4. The van der Waals surface area contributed by atoms with Gasteiger partial charge in [0.2, 0.25) is 11.9 Å². The molecule has 10 nitrogen and oxygen atoms in total. The van der Waals surface area contributed by atoms with Gasteiger partial charge in [-0.2, -0.15) is 18.4 Å². The number of anilines is 2. The Kier molecular flexibility index (Phi) is 7.15. The number of imidazole rings is 1. The van der Waals surface area contributed by atoms with E-state index in [1.807, 2.05) is 6.07 Å². The Morgan fingerprint density at radius 2 is 1.95 bits per heavy atom. The van der Waals surface area contributed by atoms with E-state index in [1.165, 1.54) is 18.2 Å². The molecule has 0 saturated carbocycles. The molecule has 1 aliphatic heterocycles. The van der Waals surface area contributed by atoms with Crippen molar-refractivity contribution in [1.29, 1.82) is 5.26 Å². The van der Waals surface area contributed by atoms with E-state index < -0.39 is 17.6 Å². The van der Waals surface area contributed by atoms with Crippen LogP contribution in [-0.2, 0) is 11.0 Å². The molecule has 1 fully saturated rings. The number of alkyl halides is 3. The molecule has 4 heterocycles. The average molecular weight is 561 g/mol. The molecule has 4 aromatic rings. The summed E-state index contributed by atoms with van der Waals surface area (Å²) in [5, 5.41) is 12.2. The Balaban J connectivity index is 1.50. The van der Waals surface area contributed by atoms with E-state index in [0.29, 0.717) is 41.8 Å². The summed E-state index contributed by atoms with van der Waals surface area (Å²) in [6, 6.07) is 9.64. The van der Waals surface area contributed by atoms with Crippen LogP contribution in [0.1, 0.15) is 45.9 Å². The first kappa shape index (κ1) is 27.3. The molecule has 208 valence electrons. The standard InChI is InChI=1S/C28H23F3N8O2/c1-2-23(40)38-11-3-4-17(15-38)24-21-8-10-35-27(33)39(21)25(37-24)16-5-6-20(18(12-16)14-32)26(41)36-22-13-19(7-9-34-22)28(29,30)31/h2,5-10,12-13,17H,1,3-4,11,15H2,(H2,33,35)(H,34,36,41). The van der Waals surface area contributed by atoms with Gasteiger partial charge < -0.3 is 16.0 Å². The van der Waals surface area contributed by atoms with Gasteiger partial charge in [0.05, 0.1) is 34.0 Å². The fraction of sp³-hybridized carbons (Fsp3) is 0.214. The number of aromatic nitrogens is 4. The van der Waals surface area contributed by atoms with Gasteiger partial charge in [0.15, 0.2) is 0 Å². The van der Waals surface area contributed by atoms with E-state index >= 15 is 0 Å². The quantitative estimate of drug-likeness (QED) is 0.344. The first-order chi connectivity index (χ1) is 19.6. The first-order valence-electron chi connectivity index (χ1n) is 12.5. The maximum Gasteiger partial charge on any atom is 0.416 e. The molecule has 41 heavy (non-hydrogen) atoms. The van der Waals surface area contributed by atoms with Crippen LogP contribution in [-0.4, -0.2) is 49.2 Å². The average Bonchev–Trinajstić information content (AvgIpc) is 3.37. The molecule has 0 bridgehead atoms. The van der Waals surface area contributed by atoms with E-state index in [-0.39, 0.29) is 34.7 Å². The topological polar surface area (TPSA) is 142 Å². The van der Waals surface area contributed by atoms with Crippen LogP contribution >= 0.6 is 0 Å². The Bertz CT molecular complexity index is 1720. The number of halogens is 3. The van der Waals surface area contributed by atoms with Crippen molar-refractivity contribution in [2.75, 3.05) is 24.1 Å². The van der Waals surface area contributed by atoms with Crippen molar-refractivity contribution in [3.8, 4) is 17.5 Å². The van der Waals surface area contributed by atoms with Crippen molar-refractivity contribution in [1.82, 2.24) is 24.3 Å². The number of rotatable bonds is 5. The highest BCUT2D eigenvalue weighted by Crippen LogP contribution is 2.34. The van der Waals surface area contributed by atoms with Crippen molar-refractivity contribution in [3.63, 3.8) is 0 Å². The van der Waals surface area contributed by atoms with Gasteiger partial charge in [0, 0.05) is 37.0 Å². The number of pyridine rings is 1. The Labute approximate surface area is 232 Å². The van der Waals surface area contributed by atoms with E-state index in [1.54, 1.807) is 27.6 Å². The molecular weight excluding hydrogens is 537 g/mol. The molecule has 0 aliphatic carbocycles. The minimum atomic E-state index is -4.61. The number of amides is 2. The second-order valence-corrected chi connectivity index (χ2v) is 9.43. The largest absolute Gasteiger partial charge is 0.416 e. The van der Waals surface area contributed by atoms with Crippen LogP contribution in [0.5, 0.6) is 0 Å². The number of piperidine rings is 1. The lowest BCUT2D eigenvalue weighted by atomic mass is 9.94. The number of fused-ring (bicyclic) bond motifs is 1. The second-order valence-electron chi connectivity index (χ2n) is 9.43. The van der Waals surface area contributed by atoms with E-state index in [2.05, 4.69) is 21.9 Å². The second kappa shape index (κ2) is 10.7. The predicted molar refractivity (Wildman–Crippen MR) is 143 cm³/mol. The molecule has 0 spiro atoms. The molecule has 3 aromatic heterocycles. The molecule has 0 radical (unpaired) electrons. The minimum Gasteiger partial charge on any atom is -0.369 e. The Morgan fingerprint density at radius 3 is 2.68 bits per heavy atom. The summed E-state index contributed by atoms with van der Waals surface area (Å²) < 4.78 is 40.8. The maximum atomic E-state index is 13.1. The first-order valence-corrected chi connectivity index (χ1v) is 12.5. The number of benzene rings is 1. The molecule has 1 aromatic carbocycles. The smallest absolute Gasteiger partial charge is 0.369 e.